The normalized spacial score (nSPS) is 23.4. The molecular formula is C25H31N7O2. The summed E-state index contributed by atoms with van der Waals surface area (Å²) in [4.78, 5) is 31.1. The predicted molar refractivity (Wildman–Crippen MR) is 129 cm³/mol. The number of pyridine rings is 1. The first-order chi connectivity index (χ1) is 16.6. The number of aliphatic hydroxyl groups excluding tert-OH is 1. The maximum absolute atomic E-state index is 12.9. The van der Waals surface area contributed by atoms with E-state index >= 15 is 0 Å². The number of nitrogens with zero attached hydrogens (tertiary/aromatic N) is 6. The Morgan fingerprint density at radius 2 is 1.91 bits per heavy atom. The number of likely N-dealkylation sites (tertiary alicyclic amines) is 1. The van der Waals surface area contributed by atoms with E-state index in [1.165, 1.54) is 5.56 Å². The SMILES string of the molecule is CN1C(=O)c2cc3cnc(Nc4ccc(C5CCN(CCO)CC5)cn4)nc3n2C2CCCC21. The number of likely N-dealkylation sites (N-methyl/N-ethyl adjacent to an activating group) is 1. The smallest absolute Gasteiger partial charge is 0.270 e. The molecule has 1 saturated carbocycles. The van der Waals surface area contributed by atoms with Crippen molar-refractivity contribution in [2.24, 2.45) is 0 Å². The average molecular weight is 462 g/mol. The van der Waals surface area contributed by atoms with Crippen LogP contribution in [-0.2, 0) is 0 Å². The van der Waals surface area contributed by atoms with Gasteiger partial charge in [-0.2, -0.15) is 4.98 Å². The highest BCUT2D eigenvalue weighted by atomic mass is 16.3. The van der Waals surface area contributed by atoms with Crippen LogP contribution in [0.25, 0.3) is 11.0 Å². The lowest BCUT2D eigenvalue weighted by Gasteiger charge is -2.36. The fraction of sp³-hybridized carbons (Fsp3) is 0.520. The van der Waals surface area contributed by atoms with Crippen LogP contribution < -0.4 is 5.32 Å². The Hall–Kier alpha value is -3.04. The molecule has 34 heavy (non-hydrogen) atoms. The molecule has 2 unspecified atom stereocenters. The third kappa shape index (κ3) is 3.63. The van der Waals surface area contributed by atoms with Crippen molar-refractivity contribution in [3.8, 4) is 0 Å². The van der Waals surface area contributed by atoms with Gasteiger partial charge in [-0.15, -0.1) is 0 Å². The second kappa shape index (κ2) is 8.63. The standard InChI is InChI=1S/C25H31N7O2/c1-30-19-3-2-4-20(19)32-21(24(30)34)13-18-15-27-25(29-23(18)32)28-22-6-5-17(14-26-22)16-7-9-31(10-8-16)11-12-33/h5-6,13-16,19-20,33H,2-4,7-12H2,1H3,(H,26,27,28,29). The number of anilines is 2. The van der Waals surface area contributed by atoms with Gasteiger partial charge in [0, 0.05) is 31.4 Å². The van der Waals surface area contributed by atoms with Crippen LogP contribution in [0.4, 0.5) is 11.8 Å². The number of aliphatic hydroxyl groups is 1. The van der Waals surface area contributed by atoms with Crippen LogP contribution in [0.1, 0.15) is 60.1 Å². The molecule has 2 N–H and O–H groups in total. The van der Waals surface area contributed by atoms with E-state index in [-0.39, 0.29) is 24.6 Å². The van der Waals surface area contributed by atoms with Gasteiger partial charge in [-0.05, 0) is 68.8 Å². The Morgan fingerprint density at radius 3 is 2.68 bits per heavy atom. The van der Waals surface area contributed by atoms with E-state index in [0.29, 0.717) is 23.4 Å². The van der Waals surface area contributed by atoms with Gasteiger partial charge in [-0.25, -0.2) is 9.97 Å². The lowest BCUT2D eigenvalue weighted by atomic mass is 9.90. The van der Waals surface area contributed by atoms with Gasteiger partial charge in [-0.3, -0.25) is 4.79 Å². The van der Waals surface area contributed by atoms with Crippen molar-refractivity contribution in [3.05, 3.63) is 41.9 Å². The number of aromatic nitrogens is 4. The molecule has 3 aromatic heterocycles. The Bertz CT molecular complexity index is 1200. The first kappa shape index (κ1) is 21.5. The zero-order valence-electron chi connectivity index (χ0n) is 19.5. The van der Waals surface area contributed by atoms with E-state index in [2.05, 4.69) is 30.8 Å². The monoisotopic (exact) mass is 461 g/mol. The molecule has 0 radical (unpaired) electrons. The first-order valence-corrected chi connectivity index (χ1v) is 12.3. The number of carbonyl (C=O) groups excluding carboxylic acids is 1. The highest BCUT2D eigenvalue weighted by Crippen LogP contribution is 2.41. The Labute approximate surface area is 198 Å². The van der Waals surface area contributed by atoms with Gasteiger partial charge in [0.2, 0.25) is 5.95 Å². The Balaban J connectivity index is 1.21. The largest absolute Gasteiger partial charge is 0.395 e. The van der Waals surface area contributed by atoms with Crippen molar-refractivity contribution in [2.75, 3.05) is 38.6 Å². The minimum absolute atomic E-state index is 0.0649. The maximum atomic E-state index is 12.9. The van der Waals surface area contributed by atoms with Crippen molar-refractivity contribution in [3.63, 3.8) is 0 Å². The summed E-state index contributed by atoms with van der Waals surface area (Å²) >= 11 is 0. The van der Waals surface area contributed by atoms with E-state index in [1.54, 1.807) is 6.20 Å². The second-order valence-corrected chi connectivity index (χ2v) is 9.80. The minimum Gasteiger partial charge on any atom is -0.395 e. The number of β-amino-alcohol motifs (C(OH)–C–C–N with tert-alkyl or cyclic N) is 1. The fourth-order valence-corrected chi connectivity index (χ4v) is 6.04. The third-order valence-corrected chi connectivity index (χ3v) is 7.89. The summed E-state index contributed by atoms with van der Waals surface area (Å²) in [5.41, 5.74) is 2.78. The van der Waals surface area contributed by atoms with Crippen molar-refractivity contribution in [1.82, 2.24) is 29.3 Å². The molecular weight excluding hydrogens is 430 g/mol. The molecule has 178 valence electrons. The fourth-order valence-electron chi connectivity index (χ4n) is 6.04. The second-order valence-electron chi connectivity index (χ2n) is 9.80. The average Bonchev–Trinajstić information content (AvgIpc) is 3.49. The number of hydrogen-bond donors (Lipinski definition) is 2. The Morgan fingerprint density at radius 1 is 1.09 bits per heavy atom. The van der Waals surface area contributed by atoms with Crippen molar-refractivity contribution in [2.45, 2.75) is 50.1 Å². The van der Waals surface area contributed by atoms with E-state index in [0.717, 1.165) is 62.8 Å². The molecule has 3 aliphatic rings. The summed E-state index contributed by atoms with van der Waals surface area (Å²) in [6.45, 7) is 3.01. The number of piperidine rings is 1. The summed E-state index contributed by atoms with van der Waals surface area (Å²) in [6, 6.07) is 6.57. The molecule has 2 fully saturated rings. The number of carbonyl (C=O) groups is 1. The van der Waals surface area contributed by atoms with Gasteiger partial charge in [0.05, 0.1) is 18.7 Å². The highest BCUT2D eigenvalue weighted by Gasteiger charge is 2.41. The summed E-state index contributed by atoms with van der Waals surface area (Å²) in [7, 11) is 1.92. The molecule has 1 amide bonds. The lowest BCUT2D eigenvalue weighted by Crippen LogP contribution is -2.46. The predicted octanol–water partition coefficient (Wildman–Crippen LogP) is 2.92. The molecule has 0 bridgehead atoms. The molecule has 0 spiro atoms. The number of fused-ring (bicyclic) bond motifs is 5. The zero-order valence-corrected chi connectivity index (χ0v) is 19.5. The van der Waals surface area contributed by atoms with Gasteiger partial charge in [0.15, 0.2) is 0 Å². The maximum Gasteiger partial charge on any atom is 0.270 e. The molecule has 2 atom stereocenters. The van der Waals surface area contributed by atoms with Gasteiger partial charge < -0.3 is 24.8 Å². The van der Waals surface area contributed by atoms with Crippen LogP contribution in [0.5, 0.6) is 0 Å². The van der Waals surface area contributed by atoms with Gasteiger partial charge in [0.25, 0.3) is 5.91 Å². The number of hydrogen-bond acceptors (Lipinski definition) is 7. The van der Waals surface area contributed by atoms with Crippen LogP contribution in [-0.4, -0.2) is 79.7 Å². The van der Waals surface area contributed by atoms with Crippen LogP contribution >= 0.6 is 0 Å². The molecule has 5 heterocycles. The lowest BCUT2D eigenvalue weighted by molar-refractivity contribution is 0.0632. The third-order valence-electron chi connectivity index (χ3n) is 7.89. The molecule has 0 aromatic carbocycles. The number of rotatable bonds is 5. The first-order valence-electron chi connectivity index (χ1n) is 12.3. The van der Waals surface area contributed by atoms with Crippen molar-refractivity contribution in [1.29, 1.82) is 0 Å². The van der Waals surface area contributed by atoms with E-state index < -0.39 is 0 Å². The van der Waals surface area contributed by atoms with Gasteiger partial charge in [0.1, 0.15) is 17.2 Å². The number of amides is 1. The summed E-state index contributed by atoms with van der Waals surface area (Å²) in [6.07, 6.45) is 9.14. The van der Waals surface area contributed by atoms with Gasteiger partial charge in [-0.1, -0.05) is 6.07 Å². The van der Waals surface area contributed by atoms with E-state index in [1.807, 2.05) is 30.3 Å². The molecule has 9 nitrogen and oxygen atoms in total. The van der Waals surface area contributed by atoms with Crippen LogP contribution in [0, 0.1) is 0 Å². The van der Waals surface area contributed by atoms with Crippen LogP contribution in [0.3, 0.4) is 0 Å². The highest BCUT2D eigenvalue weighted by molar-refractivity contribution is 5.99. The quantitative estimate of drug-likeness (QED) is 0.603. The molecule has 2 aliphatic heterocycles. The van der Waals surface area contributed by atoms with E-state index in [4.69, 9.17) is 10.1 Å². The Kier molecular flexibility index (Phi) is 5.45. The summed E-state index contributed by atoms with van der Waals surface area (Å²) < 4.78 is 2.14. The van der Waals surface area contributed by atoms with Crippen LogP contribution in [0.15, 0.2) is 30.6 Å². The molecule has 9 heteroatoms. The zero-order chi connectivity index (χ0) is 23.2. The molecule has 1 aliphatic carbocycles. The number of nitrogens with one attached hydrogen (secondary N) is 1. The molecule has 1 saturated heterocycles. The molecule has 3 aromatic rings. The summed E-state index contributed by atoms with van der Waals surface area (Å²) in [5, 5.41) is 13.3. The topological polar surface area (TPSA) is 99.4 Å². The minimum atomic E-state index is 0.0649. The van der Waals surface area contributed by atoms with Crippen LogP contribution in [0.2, 0.25) is 0 Å². The van der Waals surface area contributed by atoms with Crippen molar-refractivity contribution >= 4 is 28.7 Å². The van der Waals surface area contributed by atoms with Gasteiger partial charge >= 0.3 is 0 Å². The summed E-state index contributed by atoms with van der Waals surface area (Å²) in [5.74, 6) is 1.77. The van der Waals surface area contributed by atoms with Crippen molar-refractivity contribution < 1.29 is 9.90 Å². The van der Waals surface area contributed by atoms with E-state index in [9.17, 15) is 4.79 Å². The molecule has 6 rings (SSSR count).